The minimum Gasteiger partial charge on any atom is -0.442 e. The first-order chi connectivity index (χ1) is 12.1. The van der Waals surface area contributed by atoms with Crippen molar-refractivity contribution >= 4 is 6.09 Å². The van der Waals surface area contributed by atoms with Crippen LogP contribution in [-0.2, 0) is 4.74 Å². The number of piperidine rings is 1. The van der Waals surface area contributed by atoms with Gasteiger partial charge in [0.05, 0.1) is 0 Å². The fraction of sp³-hybridized carbons (Fsp3) is 0.955. The van der Waals surface area contributed by atoms with Gasteiger partial charge in [0.1, 0.15) is 5.60 Å². The molecule has 0 radical (unpaired) electrons. The number of carbonyl (C=O) groups is 1. The largest absolute Gasteiger partial charge is 0.442 e. The number of amides is 1. The van der Waals surface area contributed by atoms with Gasteiger partial charge >= 0.3 is 6.09 Å². The molecule has 1 amide bonds. The number of carbonyl (C=O) groups excluding carboxylic acids is 1. The molecule has 0 aromatic heterocycles. The fourth-order valence-corrected chi connectivity index (χ4v) is 8.06. The van der Waals surface area contributed by atoms with Gasteiger partial charge in [0, 0.05) is 19.0 Å². The zero-order valence-corrected chi connectivity index (χ0v) is 16.1. The molecule has 4 saturated carbocycles. The van der Waals surface area contributed by atoms with Crippen molar-refractivity contribution in [2.45, 2.75) is 77.2 Å². The lowest BCUT2D eigenvalue weighted by Crippen LogP contribution is -2.53. The maximum absolute atomic E-state index is 13.0. The van der Waals surface area contributed by atoms with E-state index in [1.165, 1.54) is 32.1 Å². The molecule has 0 aromatic carbocycles. The molecule has 0 N–H and O–H groups in total. The lowest BCUT2D eigenvalue weighted by molar-refractivity contribution is -0.115. The average molecular weight is 346 g/mol. The minimum absolute atomic E-state index is 0.00672. The van der Waals surface area contributed by atoms with Crippen LogP contribution in [0.25, 0.3) is 0 Å². The number of nitrogens with zero attached hydrogens (tertiary/aromatic N) is 1. The third-order valence-electron chi connectivity index (χ3n) is 9.16. The molecule has 8 unspecified atom stereocenters. The molecular weight excluding hydrogens is 310 g/mol. The first-order valence-corrected chi connectivity index (χ1v) is 11.1. The van der Waals surface area contributed by atoms with Crippen LogP contribution in [0.2, 0.25) is 0 Å². The van der Waals surface area contributed by atoms with Crippen LogP contribution in [0.3, 0.4) is 0 Å². The summed E-state index contributed by atoms with van der Waals surface area (Å²) in [4.78, 5) is 15.0. The molecule has 4 bridgehead atoms. The van der Waals surface area contributed by atoms with Gasteiger partial charge in [-0.2, -0.15) is 0 Å². The summed E-state index contributed by atoms with van der Waals surface area (Å²) in [7, 11) is 0. The number of ether oxygens (including phenoxy) is 1. The lowest BCUT2D eigenvalue weighted by atomic mass is 9.62. The molecule has 3 heteroatoms. The lowest BCUT2D eigenvalue weighted by Gasteiger charge is -2.49. The minimum atomic E-state index is -0.153. The molecule has 5 fully saturated rings. The Morgan fingerprint density at radius 2 is 1.80 bits per heavy atom. The Hall–Kier alpha value is -0.730. The summed E-state index contributed by atoms with van der Waals surface area (Å²) in [6.45, 7) is 6.44. The van der Waals surface area contributed by atoms with Crippen molar-refractivity contribution in [3.05, 3.63) is 0 Å². The molecule has 1 saturated heterocycles. The van der Waals surface area contributed by atoms with E-state index in [1.54, 1.807) is 0 Å². The fourth-order valence-electron chi connectivity index (χ4n) is 8.06. The molecule has 5 aliphatic rings. The number of hydrogen-bond acceptors (Lipinski definition) is 2. The predicted octanol–water partition coefficient (Wildman–Crippen LogP) is 5.10. The number of rotatable bonds is 3. The molecule has 1 heterocycles. The molecule has 5 rings (SSSR count). The van der Waals surface area contributed by atoms with Gasteiger partial charge in [-0.25, -0.2) is 4.79 Å². The summed E-state index contributed by atoms with van der Waals surface area (Å²) in [6, 6.07) is 0. The SMILES string of the molecule is CCC(C)C1(OC(=O)N2CCCCC2)CC2CC1C1C3CCC(C3)C21. The van der Waals surface area contributed by atoms with Gasteiger partial charge < -0.3 is 9.64 Å². The van der Waals surface area contributed by atoms with E-state index in [0.717, 1.165) is 68.4 Å². The van der Waals surface area contributed by atoms with Crippen LogP contribution in [0, 0.1) is 41.4 Å². The van der Waals surface area contributed by atoms with Crippen molar-refractivity contribution in [1.29, 1.82) is 0 Å². The highest BCUT2D eigenvalue weighted by Crippen LogP contribution is 2.71. The van der Waals surface area contributed by atoms with Gasteiger partial charge in [-0.05, 0) is 93.3 Å². The van der Waals surface area contributed by atoms with E-state index in [9.17, 15) is 4.79 Å². The van der Waals surface area contributed by atoms with Crippen LogP contribution < -0.4 is 0 Å². The zero-order chi connectivity index (χ0) is 17.2. The Morgan fingerprint density at radius 1 is 1.08 bits per heavy atom. The predicted molar refractivity (Wildman–Crippen MR) is 98.1 cm³/mol. The highest BCUT2D eigenvalue weighted by Gasteiger charge is 2.69. The van der Waals surface area contributed by atoms with E-state index in [2.05, 4.69) is 13.8 Å². The van der Waals surface area contributed by atoms with Crippen LogP contribution in [0.1, 0.15) is 71.6 Å². The van der Waals surface area contributed by atoms with Gasteiger partial charge in [0.2, 0.25) is 0 Å². The van der Waals surface area contributed by atoms with Gasteiger partial charge in [-0.3, -0.25) is 0 Å². The molecule has 25 heavy (non-hydrogen) atoms. The van der Waals surface area contributed by atoms with Crippen molar-refractivity contribution in [3.63, 3.8) is 0 Å². The molecule has 8 atom stereocenters. The van der Waals surface area contributed by atoms with Gasteiger partial charge in [0.15, 0.2) is 0 Å². The summed E-state index contributed by atoms with van der Waals surface area (Å²) in [5, 5.41) is 0. The Labute approximate surface area is 152 Å². The van der Waals surface area contributed by atoms with Gasteiger partial charge in [-0.1, -0.05) is 13.8 Å². The summed E-state index contributed by atoms with van der Waals surface area (Å²) in [6.07, 6.45) is 11.6. The van der Waals surface area contributed by atoms with E-state index < -0.39 is 0 Å². The van der Waals surface area contributed by atoms with E-state index in [-0.39, 0.29) is 11.7 Å². The third kappa shape index (κ3) is 2.26. The Balaban J connectivity index is 1.40. The molecule has 0 aromatic rings. The summed E-state index contributed by atoms with van der Waals surface area (Å²) >= 11 is 0. The smallest absolute Gasteiger partial charge is 0.410 e. The Kier molecular flexibility index (Phi) is 3.87. The van der Waals surface area contributed by atoms with Crippen LogP contribution in [0.15, 0.2) is 0 Å². The number of fused-ring (bicyclic) bond motifs is 9. The van der Waals surface area contributed by atoms with Gasteiger partial charge in [-0.15, -0.1) is 0 Å². The van der Waals surface area contributed by atoms with Crippen molar-refractivity contribution in [3.8, 4) is 0 Å². The summed E-state index contributed by atoms with van der Waals surface area (Å²) in [5.41, 5.74) is -0.153. The molecule has 0 spiro atoms. The van der Waals surface area contributed by atoms with E-state index in [1.807, 2.05) is 4.90 Å². The highest BCUT2D eigenvalue weighted by atomic mass is 16.6. The van der Waals surface area contributed by atoms with Crippen molar-refractivity contribution < 1.29 is 9.53 Å². The third-order valence-corrected chi connectivity index (χ3v) is 9.16. The maximum Gasteiger partial charge on any atom is 0.410 e. The van der Waals surface area contributed by atoms with E-state index >= 15 is 0 Å². The highest BCUT2D eigenvalue weighted by molar-refractivity contribution is 5.68. The van der Waals surface area contributed by atoms with E-state index in [4.69, 9.17) is 4.74 Å². The van der Waals surface area contributed by atoms with Crippen LogP contribution >= 0.6 is 0 Å². The quantitative estimate of drug-likeness (QED) is 0.666. The monoisotopic (exact) mass is 345 g/mol. The van der Waals surface area contributed by atoms with Crippen LogP contribution in [0.4, 0.5) is 4.79 Å². The molecule has 1 aliphatic heterocycles. The summed E-state index contributed by atoms with van der Waals surface area (Å²) in [5.74, 6) is 5.81. The average Bonchev–Trinajstić information content (AvgIpc) is 3.40. The topological polar surface area (TPSA) is 29.5 Å². The summed E-state index contributed by atoms with van der Waals surface area (Å²) < 4.78 is 6.53. The second kappa shape index (κ2) is 5.89. The van der Waals surface area contributed by atoms with Crippen molar-refractivity contribution in [2.24, 2.45) is 41.4 Å². The Bertz CT molecular complexity index is 542. The molecule has 140 valence electrons. The normalized spacial score (nSPS) is 48.6. The van der Waals surface area contributed by atoms with Crippen molar-refractivity contribution in [2.75, 3.05) is 13.1 Å². The zero-order valence-electron chi connectivity index (χ0n) is 16.1. The first kappa shape index (κ1) is 16.4. The first-order valence-electron chi connectivity index (χ1n) is 11.1. The Morgan fingerprint density at radius 3 is 2.52 bits per heavy atom. The number of likely N-dealkylation sites (tertiary alicyclic amines) is 1. The van der Waals surface area contributed by atoms with E-state index in [0.29, 0.717) is 11.8 Å². The molecule has 3 nitrogen and oxygen atoms in total. The standard InChI is InChI=1S/C22H35NO2/c1-3-14(2)22(25-21(24)23-9-5-4-6-10-23)13-17-12-18(22)20-16-8-7-15(11-16)19(17)20/h14-20H,3-13H2,1-2H3. The van der Waals surface area contributed by atoms with Crippen LogP contribution in [-0.4, -0.2) is 29.7 Å². The van der Waals surface area contributed by atoms with Gasteiger partial charge in [0.25, 0.3) is 0 Å². The number of hydrogen-bond donors (Lipinski definition) is 0. The molecular formula is C22H35NO2. The second-order valence-corrected chi connectivity index (χ2v) is 9.97. The molecule has 4 aliphatic carbocycles. The van der Waals surface area contributed by atoms with Crippen LogP contribution in [0.5, 0.6) is 0 Å². The van der Waals surface area contributed by atoms with Crippen molar-refractivity contribution in [1.82, 2.24) is 4.90 Å². The second-order valence-electron chi connectivity index (χ2n) is 9.97. The maximum atomic E-state index is 13.0.